The molecule has 8 rings (SSSR count). The van der Waals surface area contributed by atoms with Gasteiger partial charge in [-0.3, -0.25) is 9.98 Å². The molecule has 0 bridgehead atoms. The van der Waals surface area contributed by atoms with E-state index < -0.39 is 0 Å². The van der Waals surface area contributed by atoms with E-state index in [1.807, 2.05) is 0 Å². The van der Waals surface area contributed by atoms with E-state index in [0.29, 0.717) is 24.2 Å². The van der Waals surface area contributed by atoms with Crippen LogP contribution in [0.15, 0.2) is 46.4 Å². The molecule has 200 valence electrons. The smallest absolute Gasteiger partial charge is 0.128 e. The Morgan fingerprint density at radius 2 is 1.10 bits per heavy atom. The molecule has 0 amide bonds. The fourth-order valence-corrected chi connectivity index (χ4v) is 7.02. The average Bonchev–Trinajstić information content (AvgIpc) is 3.75. The third kappa shape index (κ3) is 4.39. The lowest BCUT2D eigenvalue weighted by Crippen LogP contribution is -2.36. The Morgan fingerprint density at radius 1 is 0.615 bits per heavy atom. The van der Waals surface area contributed by atoms with Gasteiger partial charge >= 0.3 is 0 Å². The zero-order valence-corrected chi connectivity index (χ0v) is 22.3. The fourth-order valence-electron chi connectivity index (χ4n) is 7.02. The minimum atomic E-state index is 0.448. The molecular formula is C31H36N8. The van der Waals surface area contributed by atoms with Crippen LogP contribution < -0.4 is 10.6 Å². The number of aromatic amines is 2. The van der Waals surface area contributed by atoms with Crippen LogP contribution in [0, 0.1) is 0 Å². The lowest BCUT2D eigenvalue weighted by Gasteiger charge is -2.23. The number of imidazole rings is 2. The molecule has 8 nitrogen and oxygen atoms in total. The Hall–Kier alpha value is -3.68. The highest BCUT2D eigenvalue weighted by atomic mass is 15.1. The summed E-state index contributed by atoms with van der Waals surface area (Å²) in [5, 5.41) is 7.34. The van der Waals surface area contributed by atoms with Gasteiger partial charge in [0.05, 0.1) is 34.2 Å². The lowest BCUT2D eigenvalue weighted by molar-refractivity contribution is 0.385. The van der Waals surface area contributed by atoms with Crippen molar-refractivity contribution in [2.45, 2.75) is 94.8 Å². The average molecular weight is 521 g/mol. The van der Waals surface area contributed by atoms with E-state index in [1.54, 1.807) is 0 Å². The molecule has 0 saturated heterocycles. The Balaban J connectivity index is 0.922. The summed E-state index contributed by atoms with van der Waals surface area (Å²) in [7, 11) is 0. The van der Waals surface area contributed by atoms with Crippen molar-refractivity contribution >= 4 is 33.7 Å². The number of aryl methyl sites for hydroxylation is 2. The van der Waals surface area contributed by atoms with Crippen LogP contribution in [0.1, 0.15) is 80.6 Å². The van der Waals surface area contributed by atoms with Crippen LogP contribution in [0.5, 0.6) is 0 Å². The summed E-state index contributed by atoms with van der Waals surface area (Å²) < 4.78 is 0. The molecule has 2 aromatic carbocycles. The number of aliphatic imine (C=N–C) groups is 2. The fraction of sp³-hybridized carbons (Fsp3) is 0.484. The van der Waals surface area contributed by atoms with E-state index in [-0.39, 0.29) is 0 Å². The van der Waals surface area contributed by atoms with Gasteiger partial charge in [-0.2, -0.15) is 0 Å². The lowest BCUT2D eigenvalue weighted by atomic mass is 9.92. The quantitative estimate of drug-likeness (QED) is 0.289. The molecule has 2 aromatic heterocycles. The minimum absolute atomic E-state index is 0.448. The predicted octanol–water partition coefficient (Wildman–Crippen LogP) is 4.94. The molecule has 4 N–H and O–H groups in total. The number of benzene rings is 2. The number of nitrogens with zero attached hydrogens (tertiary/aromatic N) is 4. The van der Waals surface area contributed by atoms with Crippen molar-refractivity contribution in [2.75, 3.05) is 0 Å². The number of hydrogen-bond donors (Lipinski definition) is 4. The Bertz CT molecular complexity index is 1470. The number of fused-ring (bicyclic) bond motifs is 4. The van der Waals surface area contributed by atoms with Gasteiger partial charge in [0.25, 0.3) is 0 Å². The second-order valence-corrected chi connectivity index (χ2v) is 11.8. The first-order valence-electron chi connectivity index (χ1n) is 14.9. The van der Waals surface area contributed by atoms with Crippen molar-refractivity contribution in [3.05, 3.63) is 59.2 Å². The molecule has 4 atom stereocenters. The molecule has 4 heterocycles. The number of H-pyrrole nitrogens is 2. The summed E-state index contributed by atoms with van der Waals surface area (Å²) >= 11 is 0. The van der Waals surface area contributed by atoms with Gasteiger partial charge in [0.15, 0.2) is 0 Å². The molecule has 8 heteroatoms. The zero-order chi connectivity index (χ0) is 25.8. The van der Waals surface area contributed by atoms with Crippen LogP contribution in [0.4, 0.5) is 0 Å². The summed E-state index contributed by atoms with van der Waals surface area (Å²) in [5.41, 5.74) is 6.52. The highest BCUT2D eigenvalue weighted by molar-refractivity contribution is 6.03. The Morgan fingerprint density at radius 3 is 1.59 bits per heavy atom. The monoisotopic (exact) mass is 520 g/mol. The van der Waals surface area contributed by atoms with Crippen molar-refractivity contribution in [3.8, 4) is 0 Å². The number of hydrogen-bond acceptors (Lipinski definition) is 6. The van der Waals surface area contributed by atoms with Crippen molar-refractivity contribution in [2.24, 2.45) is 9.98 Å². The molecule has 4 aliphatic rings. The van der Waals surface area contributed by atoms with Crippen LogP contribution in [0.3, 0.4) is 0 Å². The van der Waals surface area contributed by atoms with Gasteiger partial charge in [0.1, 0.15) is 23.3 Å². The van der Waals surface area contributed by atoms with Gasteiger partial charge in [-0.15, -0.1) is 0 Å². The molecule has 0 radical (unpaired) electrons. The van der Waals surface area contributed by atoms with E-state index in [2.05, 4.69) is 57.0 Å². The molecule has 0 unspecified atom stereocenters. The van der Waals surface area contributed by atoms with Gasteiger partial charge in [0, 0.05) is 36.1 Å². The third-order valence-corrected chi connectivity index (χ3v) is 9.13. The second kappa shape index (κ2) is 9.50. The second-order valence-electron chi connectivity index (χ2n) is 11.8. The Labute approximate surface area is 228 Å². The maximum absolute atomic E-state index is 4.99. The number of amidine groups is 2. The molecule has 4 aromatic rings. The molecule has 2 aliphatic heterocycles. The normalized spacial score (nSPS) is 26.2. The molecular weight excluding hydrogens is 484 g/mol. The highest BCUT2D eigenvalue weighted by Crippen LogP contribution is 2.28. The summed E-state index contributed by atoms with van der Waals surface area (Å²) in [4.78, 5) is 26.8. The number of rotatable bonds is 6. The standard InChI is InChI=1S/C31H36N8/c1-2-7-21-20(6-1)36-30(37-21)18-12-14-24-26(16-18)34-28(32-24)10-5-11-29-33-25-15-13-19(17-27(25)35-29)31-38-22-8-3-4-9-23(22)39-31/h12-17,20-23H,1-11H2,(H,32,34)(H,33,35)(H,36,37)(H,38,39)/t20-,21+,22-,23+. The molecule has 2 saturated carbocycles. The topological polar surface area (TPSA) is 106 Å². The largest absolute Gasteiger partial charge is 0.365 e. The SMILES string of the molecule is c1cc2nc(CCCc3nc4ccc(C5=N[C@H]6CCCC[C@H]6N5)cc4[nH]3)[nH]c2cc1C1=N[C@H]2CCCC[C@H]2N1. The van der Waals surface area contributed by atoms with Crippen LogP contribution in [-0.2, 0) is 12.8 Å². The van der Waals surface area contributed by atoms with Gasteiger partial charge in [0.2, 0.25) is 0 Å². The van der Waals surface area contributed by atoms with Crippen LogP contribution in [0.25, 0.3) is 22.1 Å². The molecule has 2 fully saturated rings. The predicted molar refractivity (Wildman–Crippen MR) is 156 cm³/mol. The number of aromatic nitrogens is 4. The van der Waals surface area contributed by atoms with Crippen LogP contribution >= 0.6 is 0 Å². The number of nitrogens with one attached hydrogen (secondary N) is 4. The van der Waals surface area contributed by atoms with E-state index in [9.17, 15) is 0 Å². The van der Waals surface area contributed by atoms with E-state index in [0.717, 1.165) is 75.8 Å². The maximum atomic E-state index is 4.99. The zero-order valence-electron chi connectivity index (χ0n) is 22.3. The van der Waals surface area contributed by atoms with Gasteiger partial charge in [-0.1, -0.05) is 25.7 Å². The van der Waals surface area contributed by atoms with Gasteiger partial charge in [-0.25, -0.2) is 9.97 Å². The third-order valence-electron chi connectivity index (χ3n) is 9.13. The van der Waals surface area contributed by atoms with Crippen molar-refractivity contribution < 1.29 is 0 Å². The van der Waals surface area contributed by atoms with E-state index >= 15 is 0 Å². The Kier molecular flexibility index (Phi) is 5.66. The summed E-state index contributed by atoms with van der Waals surface area (Å²) in [6.07, 6.45) is 12.8. The van der Waals surface area contributed by atoms with E-state index in [4.69, 9.17) is 20.0 Å². The molecule has 39 heavy (non-hydrogen) atoms. The van der Waals surface area contributed by atoms with Crippen LogP contribution in [0.2, 0.25) is 0 Å². The van der Waals surface area contributed by atoms with Gasteiger partial charge in [-0.05, 0) is 68.5 Å². The van der Waals surface area contributed by atoms with Crippen molar-refractivity contribution in [3.63, 3.8) is 0 Å². The first-order valence-corrected chi connectivity index (χ1v) is 14.9. The first-order chi connectivity index (χ1) is 19.2. The first kappa shape index (κ1) is 23.2. The molecule has 2 aliphatic carbocycles. The summed E-state index contributed by atoms with van der Waals surface area (Å²) in [6.45, 7) is 0. The minimum Gasteiger partial charge on any atom is -0.365 e. The highest BCUT2D eigenvalue weighted by Gasteiger charge is 2.32. The molecule has 0 spiro atoms. The van der Waals surface area contributed by atoms with Crippen molar-refractivity contribution in [1.29, 1.82) is 0 Å². The maximum Gasteiger partial charge on any atom is 0.128 e. The summed E-state index contributed by atoms with van der Waals surface area (Å²) in [6, 6.07) is 14.9. The van der Waals surface area contributed by atoms with Crippen LogP contribution in [-0.4, -0.2) is 55.8 Å². The van der Waals surface area contributed by atoms with Gasteiger partial charge < -0.3 is 20.6 Å². The summed E-state index contributed by atoms with van der Waals surface area (Å²) in [5.74, 6) is 4.16. The van der Waals surface area contributed by atoms with E-state index in [1.165, 1.54) is 51.4 Å². The van der Waals surface area contributed by atoms with Crippen molar-refractivity contribution in [1.82, 2.24) is 30.6 Å².